The number of H-pyrrole nitrogens is 1. The van der Waals surface area contributed by atoms with Crippen LogP contribution in [0, 0.1) is 0 Å². The molecule has 1 aromatic heterocycles. The van der Waals surface area contributed by atoms with Crippen LogP contribution in [0.25, 0.3) is 0 Å². The fraction of sp³-hybridized carbons (Fsp3) is 0.552. The van der Waals surface area contributed by atoms with E-state index in [0.717, 1.165) is 55.3 Å². The van der Waals surface area contributed by atoms with Gasteiger partial charge < -0.3 is 34.9 Å². The summed E-state index contributed by atoms with van der Waals surface area (Å²) >= 11 is 0. The first kappa shape index (κ1) is 28.3. The van der Waals surface area contributed by atoms with Crippen molar-refractivity contribution in [3.05, 3.63) is 59.4 Å². The monoisotopic (exact) mass is 551 g/mol. The number of hydrogen-bond donors (Lipinski definition) is 3. The Bertz CT molecular complexity index is 1210. The molecule has 0 aliphatic carbocycles. The van der Waals surface area contributed by atoms with Crippen LogP contribution in [-0.4, -0.2) is 79.8 Å². The van der Waals surface area contributed by atoms with Gasteiger partial charge in [-0.1, -0.05) is 23.4 Å². The van der Waals surface area contributed by atoms with Crippen LogP contribution in [0.3, 0.4) is 0 Å². The van der Waals surface area contributed by atoms with Gasteiger partial charge in [0.1, 0.15) is 18.1 Å². The molecule has 4 atom stereocenters. The quantitative estimate of drug-likeness (QED) is 0.289. The summed E-state index contributed by atoms with van der Waals surface area (Å²) in [4.78, 5) is 2.38. The molecule has 11 heteroatoms. The zero-order valence-corrected chi connectivity index (χ0v) is 23.6. The number of methoxy groups -OCH3 is 2. The molecule has 11 nitrogen and oxygen atoms in total. The zero-order valence-electron chi connectivity index (χ0n) is 23.6. The van der Waals surface area contributed by atoms with Crippen LogP contribution in [0.5, 0.6) is 11.5 Å². The normalized spacial score (nSPS) is 22.3. The van der Waals surface area contributed by atoms with Crippen molar-refractivity contribution in [3.8, 4) is 11.5 Å². The third-order valence-electron chi connectivity index (χ3n) is 7.89. The van der Waals surface area contributed by atoms with E-state index >= 15 is 0 Å². The second kappa shape index (κ2) is 12.9. The Hall–Kier alpha value is -3.25. The first-order chi connectivity index (χ1) is 19.5. The van der Waals surface area contributed by atoms with Crippen molar-refractivity contribution in [2.24, 2.45) is 5.73 Å². The summed E-state index contributed by atoms with van der Waals surface area (Å²) in [6, 6.07) is 14.8. The van der Waals surface area contributed by atoms with Crippen LogP contribution < -0.4 is 25.4 Å². The first-order valence-electron chi connectivity index (χ1n) is 14.0. The molecule has 1 fully saturated rings. The zero-order chi connectivity index (χ0) is 28.0. The van der Waals surface area contributed by atoms with Crippen LogP contribution in [0.15, 0.2) is 42.5 Å². The Morgan fingerprint density at radius 2 is 2.02 bits per heavy atom. The molecule has 216 valence electrons. The number of rotatable bonds is 12. The molecule has 2 aromatic carbocycles. The number of piperidine rings is 1. The molecule has 2 aliphatic rings. The number of nitrogens with two attached hydrogens (primary N) is 1. The molecule has 0 bridgehead atoms. The number of nitrogens with zero attached hydrogens (tertiary/aromatic N) is 4. The van der Waals surface area contributed by atoms with Gasteiger partial charge in [0, 0.05) is 38.8 Å². The highest BCUT2D eigenvalue weighted by atomic mass is 16.5. The highest BCUT2D eigenvalue weighted by Gasteiger charge is 2.37. The number of aromatic amines is 1. The molecule has 2 aliphatic heterocycles. The maximum absolute atomic E-state index is 6.62. The van der Waals surface area contributed by atoms with Gasteiger partial charge in [-0.25, -0.2) is 0 Å². The molecular weight excluding hydrogens is 510 g/mol. The molecule has 4 N–H and O–H groups in total. The number of ether oxygens (including phenoxy) is 4. The fourth-order valence-corrected chi connectivity index (χ4v) is 5.75. The van der Waals surface area contributed by atoms with E-state index in [-0.39, 0.29) is 18.1 Å². The smallest absolute Gasteiger partial charge is 0.194 e. The van der Waals surface area contributed by atoms with E-state index in [1.54, 1.807) is 14.2 Å². The number of hydrogen-bond acceptors (Lipinski definition) is 10. The summed E-state index contributed by atoms with van der Waals surface area (Å²) < 4.78 is 23.2. The van der Waals surface area contributed by atoms with Gasteiger partial charge >= 0.3 is 0 Å². The lowest BCUT2D eigenvalue weighted by molar-refractivity contribution is 0.000576. The van der Waals surface area contributed by atoms with E-state index in [9.17, 15) is 0 Å². The second-order valence-electron chi connectivity index (χ2n) is 10.9. The van der Waals surface area contributed by atoms with Gasteiger partial charge in [0.15, 0.2) is 5.82 Å². The molecule has 3 aromatic rings. The molecule has 1 saturated heterocycles. The van der Waals surface area contributed by atoms with Crippen LogP contribution in [-0.2, 0) is 21.6 Å². The Kier molecular flexibility index (Phi) is 9.15. The summed E-state index contributed by atoms with van der Waals surface area (Å²) in [5.74, 6) is 2.47. The third kappa shape index (κ3) is 6.72. The first-order valence-corrected chi connectivity index (χ1v) is 14.0. The van der Waals surface area contributed by atoms with Crippen molar-refractivity contribution >= 4 is 5.69 Å². The Balaban J connectivity index is 1.29. The van der Waals surface area contributed by atoms with E-state index in [0.29, 0.717) is 32.0 Å². The van der Waals surface area contributed by atoms with Crippen molar-refractivity contribution < 1.29 is 18.9 Å². The van der Waals surface area contributed by atoms with Gasteiger partial charge in [-0.05, 0) is 61.6 Å². The molecular formula is C29H41N7O4. The summed E-state index contributed by atoms with van der Waals surface area (Å²) in [6.07, 6.45) is 2.51. The number of aromatic nitrogens is 4. The number of nitrogens with one attached hydrogen (secondary N) is 2. The van der Waals surface area contributed by atoms with Gasteiger partial charge in [-0.2, -0.15) is 5.21 Å². The van der Waals surface area contributed by atoms with Crippen LogP contribution in [0.4, 0.5) is 5.69 Å². The average molecular weight is 552 g/mol. The van der Waals surface area contributed by atoms with Crippen molar-refractivity contribution in [2.75, 3.05) is 52.0 Å². The van der Waals surface area contributed by atoms with E-state index in [1.165, 1.54) is 5.56 Å². The third-order valence-corrected chi connectivity index (χ3v) is 7.89. The van der Waals surface area contributed by atoms with E-state index in [1.807, 2.05) is 19.1 Å². The number of anilines is 1. The van der Waals surface area contributed by atoms with Crippen molar-refractivity contribution in [1.82, 2.24) is 25.9 Å². The standard InChI is InChI=1S/C29H41N7O4/c1-29(30,28-32-34-35-33-28)17-22-16-24(21-6-8-23(38-3)9-7-21)27(18-31-22)40-19-20-5-10-26-25(15-20)36(12-14-39-26)11-4-13-37-2/h5-10,15,22,24,27,31H,4,11-14,16-19,30H2,1-3H3,(H,32,33,34,35)/t22-,24-,27+,29-/m1/s1. The number of benzene rings is 2. The highest BCUT2D eigenvalue weighted by molar-refractivity contribution is 5.61. The highest BCUT2D eigenvalue weighted by Crippen LogP contribution is 2.36. The van der Waals surface area contributed by atoms with Crippen LogP contribution >= 0.6 is 0 Å². The summed E-state index contributed by atoms with van der Waals surface area (Å²) in [5.41, 5.74) is 9.39. The summed E-state index contributed by atoms with van der Waals surface area (Å²) in [5, 5.41) is 18.1. The molecule has 0 radical (unpaired) electrons. The predicted molar refractivity (Wildman–Crippen MR) is 152 cm³/mol. The Morgan fingerprint density at radius 3 is 2.77 bits per heavy atom. The van der Waals surface area contributed by atoms with Crippen LogP contribution in [0.2, 0.25) is 0 Å². The molecule has 3 heterocycles. The molecule has 0 unspecified atom stereocenters. The Morgan fingerprint density at radius 1 is 1.18 bits per heavy atom. The average Bonchev–Trinajstić information content (AvgIpc) is 3.53. The van der Waals surface area contributed by atoms with Crippen molar-refractivity contribution in [3.63, 3.8) is 0 Å². The topological polar surface area (TPSA) is 133 Å². The molecule has 0 saturated carbocycles. The minimum Gasteiger partial charge on any atom is -0.497 e. The van der Waals surface area contributed by atoms with Crippen LogP contribution in [0.1, 0.15) is 49.1 Å². The van der Waals surface area contributed by atoms with Gasteiger partial charge in [0.2, 0.25) is 0 Å². The van der Waals surface area contributed by atoms with E-state index < -0.39 is 5.54 Å². The van der Waals surface area contributed by atoms with Crippen molar-refractivity contribution in [1.29, 1.82) is 0 Å². The van der Waals surface area contributed by atoms with Crippen molar-refractivity contribution in [2.45, 2.75) is 56.4 Å². The lowest BCUT2D eigenvalue weighted by atomic mass is 9.80. The lowest BCUT2D eigenvalue weighted by Gasteiger charge is -2.39. The molecule has 40 heavy (non-hydrogen) atoms. The number of fused-ring (bicyclic) bond motifs is 1. The second-order valence-corrected chi connectivity index (χ2v) is 10.9. The molecule has 0 amide bonds. The van der Waals surface area contributed by atoms with E-state index in [4.69, 9.17) is 24.7 Å². The van der Waals surface area contributed by atoms with Gasteiger partial charge in [0.25, 0.3) is 0 Å². The summed E-state index contributed by atoms with van der Waals surface area (Å²) in [6.45, 7) is 6.42. The van der Waals surface area contributed by atoms with Gasteiger partial charge in [-0.3, -0.25) is 0 Å². The SMILES string of the molecule is COCCCN1CCOc2ccc(CO[C@H]3CN[C@@H](C[C@@](C)(N)c4nn[nH]n4)C[C@@H]3c3ccc(OC)cc3)cc21. The van der Waals surface area contributed by atoms with E-state index in [2.05, 4.69) is 61.2 Å². The van der Waals surface area contributed by atoms with Gasteiger partial charge in [0.05, 0.1) is 37.6 Å². The maximum atomic E-state index is 6.62. The fourth-order valence-electron chi connectivity index (χ4n) is 5.75. The lowest BCUT2D eigenvalue weighted by Crippen LogP contribution is -2.51. The molecule has 5 rings (SSSR count). The minimum atomic E-state index is -0.705. The largest absolute Gasteiger partial charge is 0.497 e. The van der Waals surface area contributed by atoms with Gasteiger partial charge in [-0.15, -0.1) is 10.2 Å². The molecule has 0 spiro atoms. The predicted octanol–water partition coefficient (Wildman–Crippen LogP) is 2.74. The number of tetrazole rings is 1. The minimum absolute atomic E-state index is 0.0102. The summed E-state index contributed by atoms with van der Waals surface area (Å²) in [7, 11) is 3.43. The Labute approximate surface area is 235 Å². The maximum Gasteiger partial charge on any atom is 0.194 e.